The molecule has 0 spiro atoms. The Hall–Kier alpha value is -1.66. The molecular formula is C16H19BrN4O. The van der Waals surface area contributed by atoms with Crippen molar-refractivity contribution in [1.29, 1.82) is 0 Å². The number of nitrogens with zero attached hydrogens (tertiary/aromatic N) is 3. The molecule has 22 heavy (non-hydrogen) atoms. The van der Waals surface area contributed by atoms with Gasteiger partial charge in [-0.3, -0.25) is 9.78 Å². The average Bonchev–Trinajstić information content (AvgIpc) is 2.54. The van der Waals surface area contributed by atoms with Gasteiger partial charge >= 0.3 is 0 Å². The van der Waals surface area contributed by atoms with Crippen LogP contribution in [0.5, 0.6) is 0 Å². The number of nitrogen functional groups attached to an aromatic ring is 1. The number of hydrogen-bond acceptors (Lipinski definition) is 4. The minimum absolute atomic E-state index is 0.0150. The van der Waals surface area contributed by atoms with Gasteiger partial charge in [0.05, 0.1) is 0 Å². The molecule has 0 bridgehead atoms. The summed E-state index contributed by atoms with van der Waals surface area (Å²) in [7, 11) is 0. The molecule has 2 heterocycles. The molecule has 0 aliphatic carbocycles. The number of piperazine rings is 1. The van der Waals surface area contributed by atoms with Crippen molar-refractivity contribution < 1.29 is 4.79 Å². The maximum atomic E-state index is 12.8. The van der Waals surface area contributed by atoms with E-state index in [0.717, 1.165) is 48.0 Å². The van der Waals surface area contributed by atoms with Crippen LogP contribution in [-0.2, 0) is 0 Å². The van der Waals surface area contributed by atoms with Crippen LogP contribution in [0.4, 0.5) is 5.69 Å². The number of hydrogen-bond donors (Lipinski definition) is 1. The van der Waals surface area contributed by atoms with Crippen molar-refractivity contribution in [1.82, 2.24) is 14.8 Å². The highest BCUT2D eigenvalue weighted by atomic mass is 79.9. The normalized spacial score (nSPS) is 16.2. The first kappa shape index (κ1) is 15.2. The lowest BCUT2D eigenvalue weighted by molar-refractivity contribution is 0.0640. The first-order valence-electron chi connectivity index (χ1n) is 7.45. The van der Waals surface area contributed by atoms with Crippen molar-refractivity contribution in [3.63, 3.8) is 0 Å². The number of carbonyl (C=O) groups excluding carboxylic acids is 1. The van der Waals surface area contributed by atoms with Gasteiger partial charge in [-0.1, -0.05) is 22.9 Å². The van der Waals surface area contributed by atoms with Gasteiger partial charge in [-0.15, -0.1) is 0 Å². The summed E-state index contributed by atoms with van der Waals surface area (Å²) in [5, 5.41) is 1.67. The van der Waals surface area contributed by atoms with E-state index in [4.69, 9.17) is 5.73 Å². The first-order chi connectivity index (χ1) is 10.6. The van der Waals surface area contributed by atoms with E-state index in [0.29, 0.717) is 11.4 Å². The summed E-state index contributed by atoms with van der Waals surface area (Å²) in [4.78, 5) is 21.4. The zero-order valence-corrected chi connectivity index (χ0v) is 14.1. The number of nitrogens with two attached hydrogens (primary N) is 1. The van der Waals surface area contributed by atoms with Crippen LogP contribution in [0, 0.1) is 0 Å². The number of amides is 1. The maximum Gasteiger partial charge on any atom is 0.273 e. The van der Waals surface area contributed by atoms with E-state index in [1.807, 2.05) is 23.1 Å². The number of anilines is 1. The molecule has 0 atom stereocenters. The van der Waals surface area contributed by atoms with Crippen molar-refractivity contribution in [2.45, 2.75) is 6.92 Å². The van der Waals surface area contributed by atoms with E-state index >= 15 is 0 Å². The standard InChI is InChI=1S/C16H19BrN4O/c1-2-20-5-7-21(8-6-20)16(22)15-13-9-11(17)10-14(18)12(13)3-4-19-15/h3-4,9-10H,2,5-8,18H2,1H3. The van der Waals surface area contributed by atoms with Crippen LogP contribution in [0.25, 0.3) is 10.8 Å². The first-order valence-corrected chi connectivity index (χ1v) is 8.25. The second-order valence-corrected chi connectivity index (χ2v) is 6.39. The van der Waals surface area contributed by atoms with Gasteiger partial charge in [-0.25, -0.2) is 0 Å². The van der Waals surface area contributed by atoms with Gasteiger partial charge in [-0.05, 0) is 24.7 Å². The van der Waals surface area contributed by atoms with Crippen LogP contribution in [0.1, 0.15) is 17.4 Å². The van der Waals surface area contributed by atoms with Crippen LogP contribution in [0.3, 0.4) is 0 Å². The molecule has 1 aliphatic heterocycles. The highest BCUT2D eigenvalue weighted by Crippen LogP contribution is 2.28. The summed E-state index contributed by atoms with van der Waals surface area (Å²) in [6.07, 6.45) is 1.65. The lowest BCUT2D eigenvalue weighted by Crippen LogP contribution is -2.48. The van der Waals surface area contributed by atoms with Crippen molar-refractivity contribution in [2.75, 3.05) is 38.5 Å². The predicted octanol–water partition coefficient (Wildman–Crippen LogP) is 2.36. The van der Waals surface area contributed by atoms with E-state index in [1.54, 1.807) is 6.20 Å². The number of likely N-dealkylation sites (N-methyl/N-ethyl adjacent to an activating group) is 1. The summed E-state index contributed by atoms with van der Waals surface area (Å²) in [5.74, 6) is -0.0150. The summed E-state index contributed by atoms with van der Waals surface area (Å²) < 4.78 is 0.857. The number of halogens is 1. The Morgan fingerprint density at radius 3 is 2.68 bits per heavy atom. The van der Waals surface area contributed by atoms with Crippen LogP contribution in [0.15, 0.2) is 28.9 Å². The fraction of sp³-hybridized carbons (Fsp3) is 0.375. The van der Waals surface area contributed by atoms with Crippen LogP contribution >= 0.6 is 15.9 Å². The minimum atomic E-state index is -0.0150. The van der Waals surface area contributed by atoms with Crippen LogP contribution in [-0.4, -0.2) is 53.4 Å². The van der Waals surface area contributed by atoms with Gasteiger partial charge in [0.15, 0.2) is 0 Å². The van der Waals surface area contributed by atoms with Crippen molar-refractivity contribution in [3.05, 3.63) is 34.6 Å². The van der Waals surface area contributed by atoms with E-state index in [9.17, 15) is 4.79 Å². The molecule has 1 aromatic carbocycles. The fourth-order valence-electron chi connectivity index (χ4n) is 2.86. The third kappa shape index (κ3) is 2.80. The quantitative estimate of drug-likeness (QED) is 0.833. The highest BCUT2D eigenvalue weighted by molar-refractivity contribution is 9.10. The molecule has 0 unspecified atom stereocenters. The van der Waals surface area contributed by atoms with Crippen LogP contribution < -0.4 is 5.73 Å². The summed E-state index contributed by atoms with van der Waals surface area (Å²) in [6, 6.07) is 5.60. The molecule has 1 aliphatic rings. The topological polar surface area (TPSA) is 62.5 Å². The fourth-order valence-corrected chi connectivity index (χ4v) is 3.34. The molecule has 1 saturated heterocycles. The zero-order chi connectivity index (χ0) is 15.7. The van der Waals surface area contributed by atoms with Gasteiger partial charge in [0.2, 0.25) is 0 Å². The maximum absolute atomic E-state index is 12.8. The summed E-state index contributed by atoms with van der Waals surface area (Å²) in [5.41, 5.74) is 7.18. The molecule has 2 aromatic rings. The lowest BCUT2D eigenvalue weighted by atomic mass is 10.1. The van der Waals surface area contributed by atoms with Crippen molar-refractivity contribution in [3.8, 4) is 0 Å². The van der Waals surface area contributed by atoms with Crippen LogP contribution in [0.2, 0.25) is 0 Å². The highest BCUT2D eigenvalue weighted by Gasteiger charge is 2.24. The zero-order valence-electron chi connectivity index (χ0n) is 12.6. The molecule has 0 radical (unpaired) electrons. The molecule has 1 amide bonds. The molecule has 116 valence electrons. The lowest BCUT2D eigenvalue weighted by Gasteiger charge is -2.34. The number of fused-ring (bicyclic) bond motifs is 1. The van der Waals surface area contributed by atoms with Gasteiger partial charge in [0.1, 0.15) is 5.69 Å². The van der Waals surface area contributed by atoms with Gasteiger partial charge in [0.25, 0.3) is 5.91 Å². The molecular weight excluding hydrogens is 344 g/mol. The second-order valence-electron chi connectivity index (χ2n) is 5.48. The van der Waals surface area contributed by atoms with E-state index in [2.05, 4.69) is 32.7 Å². The molecule has 1 fully saturated rings. The third-order valence-corrected chi connectivity index (χ3v) is 4.64. The van der Waals surface area contributed by atoms with Crippen molar-refractivity contribution in [2.24, 2.45) is 0 Å². The smallest absolute Gasteiger partial charge is 0.273 e. The largest absolute Gasteiger partial charge is 0.398 e. The number of benzene rings is 1. The third-order valence-electron chi connectivity index (χ3n) is 4.19. The Balaban J connectivity index is 1.95. The Bertz CT molecular complexity index is 711. The molecule has 6 heteroatoms. The molecule has 5 nitrogen and oxygen atoms in total. The van der Waals surface area contributed by atoms with E-state index in [-0.39, 0.29) is 5.91 Å². The SMILES string of the molecule is CCN1CCN(C(=O)c2nccc3c(N)cc(Br)cc23)CC1. The molecule has 0 saturated carbocycles. The van der Waals surface area contributed by atoms with E-state index in [1.165, 1.54) is 0 Å². The Morgan fingerprint density at radius 1 is 1.27 bits per heavy atom. The monoisotopic (exact) mass is 362 g/mol. The van der Waals surface area contributed by atoms with Gasteiger partial charge < -0.3 is 15.5 Å². The summed E-state index contributed by atoms with van der Waals surface area (Å²) >= 11 is 3.44. The number of rotatable bonds is 2. The Morgan fingerprint density at radius 2 is 2.00 bits per heavy atom. The number of carbonyl (C=O) groups is 1. The molecule has 1 aromatic heterocycles. The number of pyridine rings is 1. The molecule has 3 rings (SSSR count). The average molecular weight is 363 g/mol. The molecule has 2 N–H and O–H groups in total. The van der Waals surface area contributed by atoms with Gasteiger partial charge in [0, 0.05) is 53.3 Å². The Kier molecular flexibility index (Phi) is 4.31. The summed E-state index contributed by atoms with van der Waals surface area (Å²) in [6.45, 7) is 6.49. The van der Waals surface area contributed by atoms with Crippen molar-refractivity contribution >= 4 is 38.3 Å². The predicted molar refractivity (Wildman–Crippen MR) is 91.9 cm³/mol. The Labute approximate surface area is 138 Å². The van der Waals surface area contributed by atoms with E-state index < -0.39 is 0 Å². The minimum Gasteiger partial charge on any atom is -0.398 e. The van der Waals surface area contributed by atoms with Gasteiger partial charge in [-0.2, -0.15) is 0 Å². The second kappa shape index (κ2) is 6.22. The number of aromatic nitrogens is 1.